The number of phenolic OH excluding ortho intramolecular Hbond substituents is 1. The largest absolute Gasteiger partial charge is 0.504 e. The van der Waals surface area contributed by atoms with Gasteiger partial charge in [0, 0.05) is 11.4 Å². The van der Waals surface area contributed by atoms with Crippen LogP contribution in [0, 0.1) is 20.8 Å². The molecule has 20 heavy (non-hydrogen) atoms. The fourth-order valence-electron chi connectivity index (χ4n) is 2.38. The SMILES string of the molecule is COc1cc(CCc2ccc(C)nc2C)cc(C)c1O. The molecular formula is C17H21NO2. The van der Waals surface area contributed by atoms with Crippen LogP contribution >= 0.6 is 0 Å². The lowest BCUT2D eigenvalue weighted by atomic mass is 10.0. The molecule has 106 valence electrons. The number of aromatic hydroxyl groups is 1. The molecule has 2 aromatic rings. The monoisotopic (exact) mass is 271 g/mol. The zero-order valence-electron chi connectivity index (χ0n) is 12.5. The van der Waals surface area contributed by atoms with Crippen LogP contribution < -0.4 is 4.74 Å². The van der Waals surface area contributed by atoms with Gasteiger partial charge in [0.1, 0.15) is 0 Å². The first-order valence-corrected chi connectivity index (χ1v) is 6.81. The lowest BCUT2D eigenvalue weighted by molar-refractivity contribution is 0.371. The highest BCUT2D eigenvalue weighted by atomic mass is 16.5. The molecule has 0 bridgehead atoms. The van der Waals surface area contributed by atoms with Crippen LogP contribution in [0.5, 0.6) is 11.5 Å². The van der Waals surface area contributed by atoms with Gasteiger partial charge >= 0.3 is 0 Å². The van der Waals surface area contributed by atoms with Crippen molar-refractivity contribution in [1.29, 1.82) is 0 Å². The fourth-order valence-corrected chi connectivity index (χ4v) is 2.38. The van der Waals surface area contributed by atoms with Crippen molar-refractivity contribution >= 4 is 0 Å². The van der Waals surface area contributed by atoms with Crippen LogP contribution in [0.25, 0.3) is 0 Å². The van der Waals surface area contributed by atoms with Gasteiger partial charge in [-0.3, -0.25) is 4.98 Å². The quantitative estimate of drug-likeness (QED) is 0.925. The summed E-state index contributed by atoms with van der Waals surface area (Å²) in [5.74, 6) is 0.767. The van der Waals surface area contributed by atoms with E-state index in [1.807, 2.05) is 39.0 Å². The number of aromatic nitrogens is 1. The summed E-state index contributed by atoms with van der Waals surface area (Å²) in [6.07, 6.45) is 1.84. The number of benzene rings is 1. The first-order chi connectivity index (χ1) is 9.51. The van der Waals surface area contributed by atoms with Crippen molar-refractivity contribution < 1.29 is 9.84 Å². The molecule has 3 heteroatoms. The maximum Gasteiger partial charge on any atom is 0.161 e. The zero-order chi connectivity index (χ0) is 14.7. The summed E-state index contributed by atoms with van der Waals surface area (Å²) in [7, 11) is 1.58. The molecule has 0 spiro atoms. The van der Waals surface area contributed by atoms with Gasteiger partial charge in [0.05, 0.1) is 7.11 Å². The maximum atomic E-state index is 9.85. The van der Waals surface area contributed by atoms with Gasteiger partial charge in [-0.1, -0.05) is 12.1 Å². The Hall–Kier alpha value is -2.03. The molecule has 1 aromatic heterocycles. The Morgan fingerprint density at radius 3 is 2.50 bits per heavy atom. The Balaban J connectivity index is 2.16. The van der Waals surface area contributed by atoms with Crippen LogP contribution in [0.1, 0.15) is 28.1 Å². The maximum absolute atomic E-state index is 9.85. The van der Waals surface area contributed by atoms with Gasteiger partial charge in [-0.05, 0) is 62.4 Å². The molecule has 2 rings (SSSR count). The molecule has 0 aliphatic heterocycles. The third-order valence-corrected chi connectivity index (χ3v) is 3.56. The Morgan fingerprint density at radius 1 is 1.10 bits per heavy atom. The molecule has 0 atom stereocenters. The normalized spacial score (nSPS) is 10.6. The van der Waals surface area contributed by atoms with Gasteiger partial charge in [-0.25, -0.2) is 0 Å². The van der Waals surface area contributed by atoms with Gasteiger partial charge in [0.25, 0.3) is 0 Å². The molecule has 0 unspecified atom stereocenters. The van der Waals surface area contributed by atoms with Crippen molar-refractivity contribution in [2.75, 3.05) is 7.11 Å². The summed E-state index contributed by atoms with van der Waals surface area (Å²) in [5, 5.41) is 9.85. The van der Waals surface area contributed by atoms with Gasteiger partial charge in [-0.15, -0.1) is 0 Å². The number of aryl methyl sites for hydroxylation is 5. The lowest BCUT2D eigenvalue weighted by Crippen LogP contribution is -1.98. The number of phenols is 1. The van der Waals surface area contributed by atoms with Crippen LogP contribution in [0.2, 0.25) is 0 Å². The molecule has 0 aliphatic carbocycles. The minimum atomic E-state index is 0.226. The van der Waals surface area contributed by atoms with Crippen LogP contribution in [-0.2, 0) is 12.8 Å². The summed E-state index contributed by atoms with van der Waals surface area (Å²) < 4.78 is 5.20. The number of ether oxygens (including phenoxy) is 1. The number of methoxy groups -OCH3 is 1. The minimum absolute atomic E-state index is 0.226. The van der Waals surface area contributed by atoms with E-state index in [9.17, 15) is 5.11 Å². The average molecular weight is 271 g/mol. The summed E-state index contributed by atoms with van der Waals surface area (Å²) in [6, 6.07) is 8.10. The van der Waals surface area contributed by atoms with Crippen molar-refractivity contribution in [2.24, 2.45) is 0 Å². The van der Waals surface area contributed by atoms with E-state index in [4.69, 9.17) is 4.74 Å². The molecular weight excluding hydrogens is 250 g/mol. The Morgan fingerprint density at radius 2 is 1.85 bits per heavy atom. The summed E-state index contributed by atoms with van der Waals surface area (Å²) in [5.41, 5.74) is 5.41. The molecule has 0 fully saturated rings. The first kappa shape index (κ1) is 14.4. The highest BCUT2D eigenvalue weighted by molar-refractivity contribution is 5.48. The van der Waals surface area contributed by atoms with E-state index >= 15 is 0 Å². The van der Waals surface area contributed by atoms with Gasteiger partial charge in [-0.2, -0.15) is 0 Å². The topological polar surface area (TPSA) is 42.4 Å². The molecule has 1 heterocycles. The van der Waals surface area contributed by atoms with E-state index in [0.717, 1.165) is 35.4 Å². The first-order valence-electron chi connectivity index (χ1n) is 6.81. The Bertz CT molecular complexity index is 621. The van der Waals surface area contributed by atoms with E-state index in [1.54, 1.807) is 7.11 Å². The number of hydrogen-bond acceptors (Lipinski definition) is 3. The molecule has 3 nitrogen and oxygen atoms in total. The van der Waals surface area contributed by atoms with Gasteiger partial charge < -0.3 is 9.84 Å². The standard InChI is InChI=1S/C17H21NO2/c1-11-9-14(10-16(20-4)17(11)19)6-8-15-7-5-12(2)18-13(15)3/h5,7,9-10,19H,6,8H2,1-4H3. The minimum Gasteiger partial charge on any atom is -0.504 e. The predicted octanol–water partition coefficient (Wildman–Crippen LogP) is 3.51. The second-order valence-electron chi connectivity index (χ2n) is 5.16. The fraction of sp³-hybridized carbons (Fsp3) is 0.353. The summed E-state index contributed by atoms with van der Waals surface area (Å²) >= 11 is 0. The van der Waals surface area contributed by atoms with Crippen molar-refractivity contribution in [1.82, 2.24) is 4.98 Å². The van der Waals surface area contributed by atoms with Crippen LogP contribution in [-0.4, -0.2) is 17.2 Å². The summed E-state index contributed by atoms with van der Waals surface area (Å²) in [4.78, 5) is 4.49. The third-order valence-electron chi connectivity index (χ3n) is 3.56. The zero-order valence-corrected chi connectivity index (χ0v) is 12.5. The smallest absolute Gasteiger partial charge is 0.161 e. The number of nitrogens with zero attached hydrogens (tertiary/aromatic N) is 1. The van der Waals surface area contributed by atoms with Crippen molar-refractivity contribution in [2.45, 2.75) is 33.6 Å². The number of pyridine rings is 1. The third kappa shape index (κ3) is 3.10. The lowest BCUT2D eigenvalue weighted by Gasteiger charge is -2.10. The van der Waals surface area contributed by atoms with E-state index in [2.05, 4.69) is 11.1 Å². The van der Waals surface area contributed by atoms with E-state index in [0.29, 0.717) is 5.75 Å². The van der Waals surface area contributed by atoms with Crippen LogP contribution in [0.4, 0.5) is 0 Å². The second kappa shape index (κ2) is 5.95. The molecule has 0 saturated heterocycles. The summed E-state index contributed by atoms with van der Waals surface area (Å²) in [6.45, 7) is 5.94. The molecule has 0 aliphatic rings. The predicted molar refractivity (Wildman–Crippen MR) is 80.5 cm³/mol. The van der Waals surface area contributed by atoms with E-state index in [-0.39, 0.29) is 5.75 Å². The van der Waals surface area contributed by atoms with Gasteiger partial charge in [0.2, 0.25) is 0 Å². The number of rotatable bonds is 4. The van der Waals surface area contributed by atoms with Crippen LogP contribution in [0.15, 0.2) is 24.3 Å². The van der Waals surface area contributed by atoms with E-state index < -0.39 is 0 Å². The number of hydrogen-bond donors (Lipinski definition) is 1. The van der Waals surface area contributed by atoms with Gasteiger partial charge in [0.15, 0.2) is 11.5 Å². The highest BCUT2D eigenvalue weighted by Gasteiger charge is 2.08. The van der Waals surface area contributed by atoms with Crippen LogP contribution in [0.3, 0.4) is 0 Å². The van der Waals surface area contributed by atoms with Crippen molar-refractivity contribution in [3.8, 4) is 11.5 Å². The molecule has 0 radical (unpaired) electrons. The molecule has 0 amide bonds. The Labute approximate surface area is 120 Å². The second-order valence-corrected chi connectivity index (χ2v) is 5.16. The highest BCUT2D eigenvalue weighted by Crippen LogP contribution is 2.31. The molecule has 1 N–H and O–H groups in total. The van der Waals surface area contributed by atoms with Crippen molar-refractivity contribution in [3.63, 3.8) is 0 Å². The van der Waals surface area contributed by atoms with E-state index in [1.165, 1.54) is 5.56 Å². The Kier molecular flexibility index (Phi) is 4.28. The average Bonchev–Trinajstić information content (AvgIpc) is 2.41. The van der Waals surface area contributed by atoms with Crippen molar-refractivity contribution in [3.05, 3.63) is 52.3 Å². The molecule has 0 saturated carbocycles. The molecule has 1 aromatic carbocycles.